The summed E-state index contributed by atoms with van der Waals surface area (Å²) in [5.41, 5.74) is 9.76. The van der Waals surface area contributed by atoms with Crippen LogP contribution in [0, 0.1) is 0 Å². The molecule has 0 aliphatic heterocycles. The maximum absolute atomic E-state index is 5.76. The average Bonchev–Trinajstić information content (AvgIpc) is 2.74. The molecular weight excluding hydrogens is 234 g/mol. The summed E-state index contributed by atoms with van der Waals surface area (Å²) >= 11 is 0. The Morgan fingerprint density at radius 3 is 2.68 bits per heavy atom. The maximum Gasteiger partial charge on any atom is 0.133 e. The number of benzene rings is 2. The predicted molar refractivity (Wildman–Crippen MR) is 80.5 cm³/mol. The molecule has 3 rings (SSSR count). The van der Waals surface area contributed by atoms with Gasteiger partial charge in [-0.2, -0.15) is 0 Å². The number of rotatable bonds is 2. The van der Waals surface area contributed by atoms with E-state index >= 15 is 0 Å². The summed E-state index contributed by atoms with van der Waals surface area (Å²) < 4.78 is 2.08. The van der Waals surface area contributed by atoms with Crippen LogP contribution in [0.1, 0.15) is 11.4 Å². The van der Waals surface area contributed by atoms with E-state index in [1.165, 1.54) is 0 Å². The number of nitrogens with zero attached hydrogens (tertiary/aromatic N) is 2. The second kappa shape index (κ2) is 4.61. The molecule has 0 saturated carbocycles. The lowest BCUT2D eigenvalue weighted by molar-refractivity contribution is 0.930. The number of nitrogens with two attached hydrogens (primary N) is 1. The topological polar surface area (TPSA) is 43.8 Å². The van der Waals surface area contributed by atoms with Gasteiger partial charge in [0, 0.05) is 12.7 Å². The Labute approximate surface area is 112 Å². The van der Waals surface area contributed by atoms with Crippen molar-refractivity contribution in [3.8, 4) is 0 Å². The molecule has 1 heterocycles. The highest BCUT2D eigenvalue weighted by atomic mass is 15.0. The Morgan fingerprint density at radius 1 is 1.05 bits per heavy atom. The minimum absolute atomic E-state index is 0.771. The van der Waals surface area contributed by atoms with Gasteiger partial charge in [0.1, 0.15) is 5.82 Å². The van der Waals surface area contributed by atoms with Gasteiger partial charge in [0.05, 0.1) is 11.0 Å². The van der Waals surface area contributed by atoms with E-state index in [2.05, 4.69) is 15.6 Å². The smallest absolute Gasteiger partial charge is 0.133 e. The molecule has 0 aliphatic carbocycles. The van der Waals surface area contributed by atoms with E-state index in [4.69, 9.17) is 5.73 Å². The first kappa shape index (κ1) is 11.5. The summed E-state index contributed by atoms with van der Waals surface area (Å²) in [4.78, 5) is 4.59. The van der Waals surface area contributed by atoms with Gasteiger partial charge in [0.15, 0.2) is 0 Å². The van der Waals surface area contributed by atoms with E-state index in [-0.39, 0.29) is 0 Å². The van der Waals surface area contributed by atoms with Crippen LogP contribution < -0.4 is 5.73 Å². The predicted octanol–water partition coefficient (Wildman–Crippen LogP) is 3.33. The first-order chi connectivity index (χ1) is 9.24. The Morgan fingerprint density at radius 2 is 1.89 bits per heavy atom. The number of aromatic nitrogens is 2. The third-order valence-corrected chi connectivity index (χ3v) is 3.16. The first-order valence-corrected chi connectivity index (χ1v) is 6.19. The van der Waals surface area contributed by atoms with Gasteiger partial charge in [-0.15, -0.1) is 0 Å². The van der Waals surface area contributed by atoms with Gasteiger partial charge >= 0.3 is 0 Å². The van der Waals surface area contributed by atoms with E-state index in [1.54, 1.807) is 0 Å². The lowest BCUT2D eigenvalue weighted by Crippen LogP contribution is -1.90. The fourth-order valence-corrected chi connectivity index (χ4v) is 2.15. The minimum Gasteiger partial charge on any atom is -0.399 e. The number of imidazole rings is 1. The summed E-state index contributed by atoms with van der Waals surface area (Å²) in [6, 6.07) is 15.9. The number of aryl methyl sites for hydroxylation is 1. The number of anilines is 1. The number of hydrogen-bond donors (Lipinski definition) is 1. The number of hydrogen-bond acceptors (Lipinski definition) is 2. The molecule has 0 atom stereocenters. The monoisotopic (exact) mass is 249 g/mol. The molecule has 0 radical (unpaired) electrons. The minimum atomic E-state index is 0.771. The van der Waals surface area contributed by atoms with Crippen molar-refractivity contribution in [2.45, 2.75) is 0 Å². The van der Waals surface area contributed by atoms with Crippen LogP contribution >= 0.6 is 0 Å². The zero-order valence-corrected chi connectivity index (χ0v) is 10.7. The standard InChI is InChI=1S/C16H15N3/c1-19-15-8-3-2-7-14(15)18-16(19)10-9-12-5-4-6-13(17)11-12/h2-11H,17H2,1H3/b10-9+. The second-order valence-electron chi connectivity index (χ2n) is 4.52. The van der Waals surface area contributed by atoms with Gasteiger partial charge in [-0.3, -0.25) is 0 Å². The molecule has 2 N–H and O–H groups in total. The molecule has 94 valence electrons. The van der Waals surface area contributed by atoms with Crippen molar-refractivity contribution >= 4 is 28.9 Å². The van der Waals surface area contributed by atoms with Crippen LogP contribution in [0.25, 0.3) is 23.2 Å². The van der Waals surface area contributed by atoms with Crippen LogP contribution in [0.3, 0.4) is 0 Å². The van der Waals surface area contributed by atoms with Gasteiger partial charge in [-0.25, -0.2) is 4.98 Å². The van der Waals surface area contributed by atoms with E-state index in [1.807, 2.05) is 61.7 Å². The summed E-state index contributed by atoms with van der Waals surface area (Å²) in [7, 11) is 2.02. The Balaban J connectivity index is 1.99. The average molecular weight is 249 g/mol. The van der Waals surface area contributed by atoms with Crippen molar-refractivity contribution < 1.29 is 0 Å². The molecule has 0 unspecified atom stereocenters. The highest BCUT2D eigenvalue weighted by Gasteiger charge is 2.03. The van der Waals surface area contributed by atoms with Crippen molar-refractivity contribution in [3.05, 3.63) is 59.9 Å². The first-order valence-electron chi connectivity index (χ1n) is 6.19. The van der Waals surface area contributed by atoms with Crippen LogP contribution in [0.15, 0.2) is 48.5 Å². The van der Waals surface area contributed by atoms with Gasteiger partial charge in [-0.1, -0.05) is 30.3 Å². The normalized spacial score (nSPS) is 11.4. The van der Waals surface area contributed by atoms with Crippen molar-refractivity contribution in [1.82, 2.24) is 9.55 Å². The highest BCUT2D eigenvalue weighted by Crippen LogP contribution is 2.16. The SMILES string of the molecule is Cn1c(/C=C/c2cccc(N)c2)nc2ccccc21. The lowest BCUT2D eigenvalue weighted by atomic mass is 10.2. The number of fused-ring (bicyclic) bond motifs is 1. The zero-order valence-electron chi connectivity index (χ0n) is 10.7. The maximum atomic E-state index is 5.76. The molecule has 1 aromatic heterocycles. The van der Waals surface area contributed by atoms with Gasteiger partial charge in [0.25, 0.3) is 0 Å². The Kier molecular flexibility index (Phi) is 2.80. The lowest BCUT2D eigenvalue weighted by Gasteiger charge is -1.98. The van der Waals surface area contributed by atoms with Crippen LogP contribution in [0.5, 0.6) is 0 Å². The third-order valence-electron chi connectivity index (χ3n) is 3.16. The molecule has 3 nitrogen and oxygen atoms in total. The molecule has 0 saturated heterocycles. The van der Waals surface area contributed by atoms with Crippen LogP contribution in [0.4, 0.5) is 5.69 Å². The zero-order chi connectivity index (χ0) is 13.2. The van der Waals surface area contributed by atoms with Crippen molar-refractivity contribution in [2.24, 2.45) is 7.05 Å². The van der Waals surface area contributed by atoms with Gasteiger partial charge in [0.2, 0.25) is 0 Å². The number of para-hydroxylation sites is 2. The van der Waals surface area contributed by atoms with Crippen molar-refractivity contribution in [2.75, 3.05) is 5.73 Å². The molecule has 0 aliphatic rings. The summed E-state index contributed by atoms with van der Waals surface area (Å²) in [5, 5.41) is 0. The molecule has 0 amide bonds. The molecule has 2 aromatic carbocycles. The van der Waals surface area contributed by atoms with E-state index in [0.717, 1.165) is 28.1 Å². The molecule has 0 spiro atoms. The van der Waals surface area contributed by atoms with E-state index < -0.39 is 0 Å². The third kappa shape index (κ3) is 2.22. The second-order valence-corrected chi connectivity index (χ2v) is 4.52. The van der Waals surface area contributed by atoms with Crippen LogP contribution in [-0.2, 0) is 7.05 Å². The van der Waals surface area contributed by atoms with Crippen molar-refractivity contribution in [3.63, 3.8) is 0 Å². The molecule has 19 heavy (non-hydrogen) atoms. The van der Waals surface area contributed by atoms with Crippen molar-refractivity contribution in [1.29, 1.82) is 0 Å². The molecule has 0 fully saturated rings. The summed E-state index contributed by atoms with van der Waals surface area (Å²) in [5.74, 6) is 0.934. The summed E-state index contributed by atoms with van der Waals surface area (Å²) in [6.45, 7) is 0. The Bertz CT molecular complexity index is 754. The fraction of sp³-hybridized carbons (Fsp3) is 0.0625. The molecule has 3 aromatic rings. The van der Waals surface area contributed by atoms with E-state index in [0.29, 0.717) is 0 Å². The number of nitrogen functional groups attached to an aromatic ring is 1. The fourth-order valence-electron chi connectivity index (χ4n) is 2.15. The highest BCUT2D eigenvalue weighted by molar-refractivity contribution is 5.79. The van der Waals surface area contributed by atoms with Crippen LogP contribution in [0.2, 0.25) is 0 Å². The van der Waals surface area contributed by atoms with Crippen LogP contribution in [-0.4, -0.2) is 9.55 Å². The van der Waals surface area contributed by atoms with Gasteiger partial charge < -0.3 is 10.3 Å². The molecule has 3 heteroatoms. The molecule has 0 bridgehead atoms. The Hall–Kier alpha value is -2.55. The molecular formula is C16H15N3. The quantitative estimate of drug-likeness (QED) is 0.708. The van der Waals surface area contributed by atoms with E-state index in [9.17, 15) is 0 Å². The largest absolute Gasteiger partial charge is 0.399 e. The summed E-state index contributed by atoms with van der Waals surface area (Å²) in [6.07, 6.45) is 4.03. The van der Waals surface area contributed by atoms with Gasteiger partial charge in [-0.05, 0) is 35.9 Å².